The molecule has 17 rings (SSSR count). The summed E-state index contributed by atoms with van der Waals surface area (Å²) in [5, 5.41) is 18.3. The van der Waals surface area contributed by atoms with Crippen molar-refractivity contribution < 1.29 is 45.0 Å². The summed E-state index contributed by atoms with van der Waals surface area (Å²) in [6.45, 7) is 20.5. The fraction of sp³-hybridized carbons (Fsp3) is 0.158. The number of carbonyl (C=O) groups is 2. The molecule has 0 aromatic heterocycles. The van der Waals surface area contributed by atoms with Crippen molar-refractivity contribution in [1.29, 1.82) is 0 Å². The van der Waals surface area contributed by atoms with Gasteiger partial charge in [0.2, 0.25) is 0 Å². The van der Waals surface area contributed by atoms with E-state index in [1.165, 1.54) is 111 Å². The third kappa shape index (κ3) is 21.0. The van der Waals surface area contributed by atoms with E-state index in [1.54, 1.807) is 19.2 Å². The number of anilines is 13. The number of ether oxygens (including phenoxy) is 1. The van der Waals surface area contributed by atoms with Crippen molar-refractivity contribution >= 4 is 145 Å². The zero-order chi connectivity index (χ0) is 80.0. The molecule has 0 fully saturated rings. The second-order valence-corrected chi connectivity index (χ2v) is 30.8. The van der Waals surface area contributed by atoms with Crippen LogP contribution in [0.5, 0.6) is 5.75 Å². The normalized spacial score (nSPS) is 13.2. The number of hydrogen-bond acceptors (Lipinski definition) is 11. The van der Waals surface area contributed by atoms with E-state index in [0.717, 1.165) is 24.1 Å². The number of rotatable bonds is 4. The fourth-order valence-corrected chi connectivity index (χ4v) is 15.0. The Labute approximate surface area is 703 Å². The molecule has 17 heteroatoms. The zero-order valence-electron chi connectivity index (χ0n) is 64.8. The molecule has 13 aromatic carbocycles. The predicted octanol–water partition coefficient (Wildman–Crippen LogP) is 25.7. The number of halogens is 2. The monoisotopic (exact) mass is 1770 g/mol. The number of thiol groups is 1. The molecule has 0 saturated heterocycles. The van der Waals surface area contributed by atoms with Gasteiger partial charge in [-0.05, 0) is 201 Å². The number of para-hydroxylation sites is 11. The van der Waals surface area contributed by atoms with E-state index in [0.29, 0.717) is 11.4 Å². The van der Waals surface area contributed by atoms with Crippen LogP contribution < -0.4 is 36.2 Å². The van der Waals surface area contributed by atoms with Crippen LogP contribution in [0.3, 0.4) is 0 Å². The molecule has 0 bridgehead atoms. The van der Waals surface area contributed by atoms with Crippen LogP contribution in [0.2, 0.25) is 0 Å². The third-order valence-corrected chi connectivity index (χ3v) is 20.7. The van der Waals surface area contributed by atoms with Crippen molar-refractivity contribution in [3.8, 4) is 5.75 Å². The zero-order valence-corrected chi connectivity index (χ0v) is 71.0. The van der Waals surface area contributed by atoms with Gasteiger partial charge in [-0.2, -0.15) is 0 Å². The molecule has 4 aliphatic rings. The molecule has 13 aromatic rings. The molecule has 1 radical (unpaired) electrons. The molecule has 0 aliphatic carbocycles. The van der Waals surface area contributed by atoms with Crippen LogP contribution in [0.15, 0.2) is 336 Å². The Balaban J connectivity index is 0.000000169. The van der Waals surface area contributed by atoms with Gasteiger partial charge in [0.1, 0.15) is 5.75 Å². The number of carboxylic acid groups (broad SMARTS) is 2. The molecule has 112 heavy (non-hydrogen) atoms. The van der Waals surface area contributed by atoms with Crippen molar-refractivity contribution in [3.05, 3.63) is 380 Å². The van der Waals surface area contributed by atoms with E-state index < -0.39 is 11.9 Å². The minimum absolute atomic E-state index is 0. The summed E-state index contributed by atoms with van der Waals surface area (Å²) >= 11 is 9.11. The van der Waals surface area contributed by atoms with Gasteiger partial charge in [-0.1, -0.05) is 265 Å². The number of nitrogens with two attached hydrogens (primary N) is 2. The van der Waals surface area contributed by atoms with Gasteiger partial charge in [0.05, 0.1) is 52.6 Å². The van der Waals surface area contributed by atoms with Gasteiger partial charge in [0.25, 0.3) is 11.9 Å². The number of nitrogen functional groups attached to an aromatic ring is 2. The average Bonchev–Trinajstić information content (AvgIpc) is 0.743. The molecule has 0 atom stereocenters. The maximum absolute atomic E-state index is 9.00. The number of methoxy groups -OCH3 is 1. The average molecular weight is 1770 g/mol. The first-order chi connectivity index (χ1) is 53.2. The van der Waals surface area contributed by atoms with Crippen molar-refractivity contribution in [2.24, 2.45) is 4.30 Å². The molecule has 4 aliphatic heterocycles. The van der Waals surface area contributed by atoms with Crippen LogP contribution >= 0.6 is 51.3 Å². The number of fused-ring (bicyclic) bond motifs is 8. The maximum Gasteiger partial charge on any atom is 0 e. The Bertz CT molecular complexity index is 5140. The smallest absolute Gasteiger partial charge is 0 e. The van der Waals surface area contributed by atoms with Crippen molar-refractivity contribution in [2.75, 3.05) is 38.6 Å². The molecular formula is C95H95BBrIN7O5PdS. The summed E-state index contributed by atoms with van der Waals surface area (Å²) < 4.78 is 10.6. The Hall–Kier alpha value is -10.5. The van der Waals surface area contributed by atoms with Gasteiger partial charge in [0, 0.05) is 92.4 Å². The molecule has 0 amide bonds. The Morgan fingerprint density at radius 1 is 0.393 bits per heavy atom. The van der Waals surface area contributed by atoms with E-state index in [9.17, 15) is 0 Å². The summed E-state index contributed by atoms with van der Waals surface area (Å²) in [7, 11) is 6.06. The topological polar surface area (TPSA) is 170 Å². The first-order valence-electron chi connectivity index (χ1n) is 36.3. The molecule has 0 saturated carbocycles. The Morgan fingerprint density at radius 3 is 0.938 bits per heavy atom. The van der Waals surface area contributed by atoms with Crippen LogP contribution in [-0.2, 0) is 51.7 Å². The Kier molecular flexibility index (Phi) is 31.2. The summed E-state index contributed by atoms with van der Waals surface area (Å²) in [6, 6.07) is 114. The second-order valence-electron chi connectivity index (χ2n) is 28.4. The first-order valence-corrected chi connectivity index (χ1v) is 38.6. The molecule has 0 unspecified atom stereocenters. The van der Waals surface area contributed by atoms with Crippen LogP contribution in [0, 0.1) is 3.57 Å². The maximum atomic E-state index is 9.00. The van der Waals surface area contributed by atoms with E-state index in [2.05, 4.69) is 418 Å². The number of carboxylic acids is 2. The van der Waals surface area contributed by atoms with Gasteiger partial charge in [-0.3, -0.25) is 9.59 Å². The van der Waals surface area contributed by atoms with Gasteiger partial charge in [-0.15, -0.1) is 0 Å². The summed E-state index contributed by atoms with van der Waals surface area (Å²) in [6.07, 6.45) is 0. The molecule has 0 spiro atoms. The fourth-order valence-electron chi connectivity index (χ4n) is 14.2. The Morgan fingerprint density at radius 2 is 0.634 bits per heavy atom. The van der Waals surface area contributed by atoms with E-state index in [-0.39, 0.29) is 42.1 Å². The molecule has 12 nitrogen and oxygen atoms in total. The first kappa shape index (κ1) is 87.1. The standard InChI is InChI=1S/C22H21NO.C21H18BrN.C21H19N.C15H15N.C6H5I.C6H8N2.2C2H4O2.BHNS.Pd/c1-22(2)18-11-7-8-12-20(18)23(16-9-5-4-6-10-16)21-14-13-17(24-3)15-19(21)22;1-21(2)17-10-6-7-11-19(17)23(16-8-4-3-5-9-16)20-13-12-15(22)14-18(20)21;1-21(2)17-12-6-8-14-19(17)22(16-10-4-3-5-11-16)20-15-9-7-13-18(20)21;1-15(2)11-7-3-5-9-13(11)16-14-10-6-4-8-12(14)15;7-6-4-2-1-3-5-6;7-5-3-1-2-4-6(5)8;2*1-2(3)4;1-2-3;/h4-15H,1-3H3;3-14H,1-2H3;3-15H,1-2H3;3-10,16H,1-2H3;1-5H;1-4H,7-8H2;2*1H3,(H,3,4);3H;. The molecule has 4 heterocycles. The van der Waals surface area contributed by atoms with E-state index in [4.69, 9.17) is 36.0 Å². The molecule has 573 valence electrons. The van der Waals surface area contributed by atoms with Crippen molar-refractivity contribution in [3.63, 3.8) is 0 Å². The summed E-state index contributed by atoms with van der Waals surface area (Å²) in [5.41, 5.74) is 36.4. The SMILES string of the molecule is CC(=O)O.CC(=O)O.CC1(C)c2ccccc2N(c2ccccc2)c2ccc(Br)cc21.CC1(C)c2ccccc2N(c2ccccc2)c2ccccc21.CC1(C)c2ccccc2Nc2ccccc21.COc1ccc2c(c1)C(C)(C)c1ccccc1N2c1ccccc1.Ic1ccccc1.Nc1ccccc1N.[B]=NS.[Pd]. The molecule has 7 N–H and O–H groups in total. The van der Waals surface area contributed by atoms with Crippen LogP contribution in [0.25, 0.3) is 0 Å². The number of nitrogens with zero attached hydrogens (tertiary/aromatic N) is 4. The summed E-state index contributed by atoms with van der Waals surface area (Å²) in [4.78, 5) is 25.1. The minimum Gasteiger partial charge on any atom is 0 e. The number of aliphatic carboxylic acids is 2. The van der Waals surface area contributed by atoms with E-state index >= 15 is 0 Å². The predicted molar refractivity (Wildman–Crippen MR) is 481 cm³/mol. The van der Waals surface area contributed by atoms with Crippen molar-refractivity contribution in [2.45, 2.75) is 90.9 Å². The minimum atomic E-state index is -0.833. The number of nitrogens with one attached hydrogen (secondary N) is 1. The van der Waals surface area contributed by atoms with Gasteiger partial charge in [-0.25, -0.2) is 0 Å². The second kappa shape index (κ2) is 40.1. The van der Waals surface area contributed by atoms with Crippen molar-refractivity contribution in [1.82, 2.24) is 0 Å². The van der Waals surface area contributed by atoms with Gasteiger partial charge in [0.15, 0.2) is 0 Å². The third-order valence-electron chi connectivity index (χ3n) is 19.5. The van der Waals surface area contributed by atoms with E-state index in [1.807, 2.05) is 36.4 Å². The van der Waals surface area contributed by atoms with Gasteiger partial charge < -0.3 is 46.4 Å². The van der Waals surface area contributed by atoms with Crippen LogP contribution in [0.4, 0.5) is 73.9 Å². The van der Waals surface area contributed by atoms with Crippen LogP contribution in [-0.4, -0.2) is 36.9 Å². The quantitative estimate of drug-likeness (QED) is 0.0429. The summed E-state index contributed by atoms with van der Waals surface area (Å²) in [5.74, 6) is -0.769. The number of hydrogen-bond donors (Lipinski definition) is 6. The van der Waals surface area contributed by atoms with Crippen LogP contribution in [0.1, 0.15) is 114 Å². The number of benzene rings is 13. The largest absolute Gasteiger partial charge is 0 e. The molecular weight excluding hydrogens is 1680 g/mol. The van der Waals surface area contributed by atoms with Gasteiger partial charge >= 0.3 is 24.8 Å².